The normalized spacial score (nSPS) is 12.2. The topological polar surface area (TPSA) is 0 Å². The summed E-state index contributed by atoms with van der Waals surface area (Å²) in [6, 6.07) is 31.0. The largest absolute Gasteiger partial charge is 0.0620 e. The Kier molecular flexibility index (Phi) is 4.69. The summed E-state index contributed by atoms with van der Waals surface area (Å²) in [5, 5.41) is 2.61. The van der Waals surface area contributed by atoms with E-state index < -0.39 is 0 Å². The zero-order valence-corrected chi connectivity index (χ0v) is 14.6. The van der Waals surface area contributed by atoms with Gasteiger partial charge in [0.2, 0.25) is 0 Å². The van der Waals surface area contributed by atoms with Gasteiger partial charge in [-0.25, -0.2) is 0 Å². The van der Waals surface area contributed by atoms with E-state index in [4.69, 9.17) is 0 Å². The first-order valence-corrected chi connectivity index (χ1v) is 8.55. The summed E-state index contributed by atoms with van der Waals surface area (Å²) >= 11 is 0. The van der Waals surface area contributed by atoms with E-state index in [2.05, 4.69) is 84.9 Å². The van der Waals surface area contributed by atoms with E-state index in [9.17, 15) is 0 Å². The smallest absolute Gasteiger partial charge is 0 e. The molecule has 0 saturated carbocycles. The maximum absolute atomic E-state index is 2.32. The van der Waals surface area contributed by atoms with Crippen LogP contribution in [0.4, 0.5) is 0 Å². The predicted molar refractivity (Wildman–Crippen MR) is 101 cm³/mol. The van der Waals surface area contributed by atoms with Crippen LogP contribution in [0.2, 0.25) is 0 Å². The van der Waals surface area contributed by atoms with Gasteiger partial charge in [-0.15, -0.1) is 0 Å². The fourth-order valence-corrected chi connectivity index (χ4v) is 3.93. The van der Waals surface area contributed by atoms with Crippen molar-refractivity contribution in [3.8, 4) is 11.1 Å². The van der Waals surface area contributed by atoms with Crippen molar-refractivity contribution in [3.05, 3.63) is 107 Å². The third-order valence-corrected chi connectivity index (χ3v) is 5.20. The summed E-state index contributed by atoms with van der Waals surface area (Å²) in [7, 11) is 0. The summed E-state index contributed by atoms with van der Waals surface area (Å²) in [6.45, 7) is 0. The summed E-state index contributed by atoms with van der Waals surface area (Å²) in [6.07, 6.45) is 2.08. The first kappa shape index (κ1) is 16.8. The second-order valence-electron chi connectivity index (χ2n) is 6.63. The first-order valence-electron chi connectivity index (χ1n) is 8.55. The van der Waals surface area contributed by atoms with Gasteiger partial charge in [0.15, 0.2) is 0 Å². The Morgan fingerprint density at radius 2 is 1.20 bits per heavy atom. The van der Waals surface area contributed by atoms with Crippen molar-refractivity contribution in [3.63, 3.8) is 0 Å². The van der Waals surface area contributed by atoms with Crippen molar-refractivity contribution in [2.75, 3.05) is 0 Å². The molecular formula is C24H18Ar. The van der Waals surface area contributed by atoms with Crippen LogP contribution in [0.5, 0.6) is 0 Å². The maximum Gasteiger partial charge on any atom is 0 e. The van der Waals surface area contributed by atoms with Crippen molar-refractivity contribution >= 4 is 10.8 Å². The third kappa shape index (κ3) is 3.04. The van der Waals surface area contributed by atoms with Gasteiger partial charge in [-0.1, -0.05) is 78.9 Å². The predicted octanol–water partition coefficient (Wildman–Crippen LogP) is 6.00. The van der Waals surface area contributed by atoms with Gasteiger partial charge in [0.05, 0.1) is 0 Å². The maximum atomic E-state index is 2.32. The molecule has 0 atom stereocenters. The van der Waals surface area contributed by atoms with Crippen LogP contribution in [-0.4, -0.2) is 0 Å². The zero-order chi connectivity index (χ0) is 15.9. The Labute approximate surface area is 178 Å². The minimum absolute atomic E-state index is 0. The van der Waals surface area contributed by atoms with E-state index in [-0.39, 0.29) is 37.7 Å². The quantitative estimate of drug-likeness (QED) is 0.349. The molecule has 5 rings (SSSR count). The molecular weight excluding hydrogens is 328 g/mol. The third-order valence-electron chi connectivity index (χ3n) is 5.20. The van der Waals surface area contributed by atoms with Crippen LogP contribution in [0.3, 0.4) is 0 Å². The molecule has 1 aliphatic carbocycles. The molecule has 0 saturated heterocycles. The molecule has 25 heavy (non-hydrogen) atoms. The van der Waals surface area contributed by atoms with Gasteiger partial charge < -0.3 is 0 Å². The molecule has 122 valence electrons. The molecule has 0 heterocycles. The van der Waals surface area contributed by atoms with Gasteiger partial charge in [0.1, 0.15) is 0 Å². The molecule has 0 bridgehead atoms. The molecule has 4 aromatic rings. The van der Waals surface area contributed by atoms with Crippen LogP contribution in [0.15, 0.2) is 84.9 Å². The van der Waals surface area contributed by atoms with E-state index in [1.54, 1.807) is 0 Å². The Morgan fingerprint density at radius 1 is 0.520 bits per heavy atom. The first-order chi connectivity index (χ1) is 11.9. The summed E-state index contributed by atoms with van der Waals surface area (Å²) < 4.78 is 0. The Morgan fingerprint density at radius 3 is 2.04 bits per heavy atom. The van der Waals surface area contributed by atoms with Gasteiger partial charge >= 0.3 is 0 Å². The Hall–Kier alpha value is -1.60. The SMILES string of the molecule is [Ar].c1ccc2c(c1)Cc1cccc(-c3ccc4ccccc4c3)c1C2. The molecule has 0 aromatic heterocycles. The van der Waals surface area contributed by atoms with Gasteiger partial charge in [-0.2, -0.15) is 0 Å². The van der Waals surface area contributed by atoms with Crippen molar-refractivity contribution in [2.45, 2.75) is 12.8 Å². The van der Waals surface area contributed by atoms with Crippen molar-refractivity contribution in [1.29, 1.82) is 0 Å². The molecule has 0 amide bonds. The van der Waals surface area contributed by atoms with Crippen LogP contribution in [-0.2, 0) is 12.8 Å². The number of benzene rings is 4. The minimum atomic E-state index is 0. The van der Waals surface area contributed by atoms with Crippen LogP contribution < -0.4 is 0 Å². The van der Waals surface area contributed by atoms with Crippen LogP contribution in [0.25, 0.3) is 21.9 Å². The summed E-state index contributed by atoms with van der Waals surface area (Å²) in [4.78, 5) is 0. The Balaban J connectivity index is 0.00000157. The van der Waals surface area contributed by atoms with E-state index >= 15 is 0 Å². The van der Waals surface area contributed by atoms with E-state index in [1.165, 1.54) is 44.2 Å². The second-order valence-corrected chi connectivity index (χ2v) is 6.63. The molecule has 0 unspecified atom stereocenters. The monoisotopic (exact) mass is 346 g/mol. The van der Waals surface area contributed by atoms with Crippen molar-refractivity contribution in [1.82, 2.24) is 0 Å². The average Bonchev–Trinajstić information content (AvgIpc) is 2.65. The number of fused-ring (bicyclic) bond motifs is 3. The van der Waals surface area contributed by atoms with Gasteiger partial charge in [0, 0.05) is 37.7 Å². The second kappa shape index (κ2) is 6.96. The fraction of sp³-hybridized carbons (Fsp3) is 0.0833. The minimum Gasteiger partial charge on any atom is -0.0620 e. The number of hydrogen-bond acceptors (Lipinski definition) is 0. The zero-order valence-electron chi connectivity index (χ0n) is 13.9. The molecule has 0 N–H and O–H groups in total. The van der Waals surface area contributed by atoms with E-state index in [1.807, 2.05) is 0 Å². The fourth-order valence-electron chi connectivity index (χ4n) is 3.93. The summed E-state index contributed by atoms with van der Waals surface area (Å²) in [5.74, 6) is 0. The standard InChI is InChI=1S/C24H18.Ar/c1-2-7-18-14-22(13-12-17(18)6-1)23-11-5-10-21-15-19-8-3-4-9-20(19)16-24(21)23;/h1-14H,15-16H2;. The molecule has 1 heteroatoms. The molecule has 0 nitrogen and oxygen atoms in total. The Bertz CT molecular complexity index is 1060. The average molecular weight is 346 g/mol. The molecule has 0 radical (unpaired) electrons. The van der Waals surface area contributed by atoms with Crippen molar-refractivity contribution < 1.29 is 37.7 Å². The number of rotatable bonds is 1. The van der Waals surface area contributed by atoms with Crippen molar-refractivity contribution in [2.24, 2.45) is 0 Å². The van der Waals surface area contributed by atoms with Gasteiger partial charge in [-0.3, -0.25) is 0 Å². The van der Waals surface area contributed by atoms with E-state index in [0.29, 0.717) is 0 Å². The number of hydrogen-bond donors (Lipinski definition) is 0. The molecule has 0 fully saturated rings. The van der Waals surface area contributed by atoms with Gasteiger partial charge in [0.25, 0.3) is 0 Å². The molecule has 4 aromatic carbocycles. The molecule has 0 spiro atoms. The molecule has 0 aliphatic heterocycles. The van der Waals surface area contributed by atoms with E-state index in [0.717, 1.165) is 12.8 Å². The van der Waals surface area contributed by atoms with Gasteiger partial charge in [-0.05, 0) is 63.1 Å². The summed E-state index contributed by atoms with van der Waals surface area (Å²) in [5.41, 5.74) is 8.61. The van der Waals surface area contributed by atoms with Crippen LogP contribution in [0.1, 0.15) is 22.3 Å². The molecule has 1 aliphatic rings. The van der Waals surface area contributed by atoms with Crippen LogP contribution >= 0.6 is 0 Å². The van der Waals surface area contributed by atoms with Crippen LogP contribution in [0, 0.1) is 37.7 Å².